The Morgan fingerprint density at radius 3 is 2.86 bits per heavy atom. The maximum atomic E-state index is 11.9. The zero-order valence-corrected chi connectivity index (χ0v) is 13.9. The standard InChI is InChI=1S/C14H13Cl2N3O2S/c1-8(10-3-2-9(15)6-11(10)16)18-13(21)7-22-14-17-5-4-12(20)19-14/h2-6,8H,7H2,1H3,(H,18,21)(H,17,19,20)/t8-/m1/s1. The minimum absolute atomic E-state index is 0.141. The maximum absolute atomic E-state index is 11.9. The summed E-state index contributed by atoms with van der Waals surface area (Å²) in [7, 11) is 0. The first-order chi connectivity index (χ1) is 10.5. The van der Waals surface area contributed by atoms with Crippen molar-refractivity contribution in [2.45, 2.75) is 18.1 Å². The van der Waals surface area contributed by atoms with Gasteiger partial charge in [-0.05, 0) is 24.6 Å². The van der Waals surface area contributed by atoms with Gasteiger partial charge in [0, 0.05) is 22.3 Å². The lowest BCUT2D eigenvalue weighted by molar-refractivity contribution is -0.119. The van der Waals surface area contributed by atoms with Gasteiger partial charge in [-0.15, -0.1) is 0 Å². The number of halogens is 2. The number of nitrogens with zero attached hydrogens (tertiary/aromatic N) is 1. The summed E-state index contributed by atoms with van der Waals surface area (Å²) in [5.41, 5.74) is 0.537. The van der Waals surface area contributed by atoms with Gasteiger partial charge < -0.3 is 10.3 Å². The van der Waals surface area contributed by atoms with E-state index in [9.17, 15) is 9.59 Å². The third-order valence-corrected chi connectivity index (χ3v) is 4.24. The van der Waals surface area contributed by atoms with Crippen molar-refractivity contribution in [3.8, 4) is 0 Å². The van der Waals surface area contributed by atoms with Crippen LogP contribution in [0.15, 0.2) is 40.4 Å². The van der Waals surface area contributed by atoms with Gasteiger partial charge in [0.15, 0.2) is 5.16 Å². The molecule has 0 aliphatic rings. The molecule has 2 N–H and O–H groups in total. The van der Waals surface area contributed by atoms with E-state index in [1.54, 1.807) is 18.2 Å². The number of hydrogen-bond donors (Lipinski definition) is 2. The highest BCUT2D eigenvalue weighted by atomic mass is 35.5. The smallest absolute Gasteiger partial charge is 0.251 e. The van der Waals surface area contributed by atoms with Crippen molar-refractivity contribution in [3.05, 3.63) is 56.4 Å². The predicted octanol–water partition coefficient (Wildman–Crippen LogP) is 3.05. The average Bonchev–Trinajstić information content (AvgIpc) is 2.45. The van der Waals surface area contributed by atoms with Crippen LogP contribution in [-0.2, 0) is 4.79 Å². The molecule has 1 aromatic carbocycles. The van der Waals surface area contributed by atoms with Crippen LogP contribution in [0.1, 0.15) is 18.5 Å². The number of rotatable bonds is 5. The molecule has 0 aliphatic carbocycles. The number of benzene rings is 1. The molecule has 2 aromatic rings. The second-order valence-corrected chi connectivity index (χ2v) is 6.29. The van der Waals surface area contributed by atoms with Gasteiger partial charge in [-0.3, -0.25) is 9.59 Å². The Labute approximate surface area is 141 Å². The second kappa shape index (κ2) is 7.67. The molecule has 0 saturated heterocycles. The molecule has 22 heavy (non-hydrogen) atoms. The molecule has 0 bridgehead atoms. The molecular formula is C14H13Cl2N3O2S. The predicted molar refractivity (Wildman–Crippen MR) is 88.6 cm³/mol. The van der Waals surface area contributed by atoms with Crippen LogP contribution in [0.4, 0.5) is 0 Å². The first kappa shape index (κ1) is 16.9. The summed E-state index contributed by atoms with van der Waals surface area (Å²) in [5, 5.41) is 4.28. The van der Waals surface area contributed by atoms with Crippen LogP contribution in [0.3, 0.4) is 0 Å². The quantitative estimate of drug-likeness (QED) is 0.636. The van der Waals surface area contributed by atoms with Crippen LogP contribution < -0.4 is 10.9 Å². The first-order valence-corrected chi connectivity index (χ1v) is 8.12. The average molecular weight is 358 g/mol. The number of nitrogens with one attached hydrogen (secondary N) is 2. The van der Waals surface area contributed by atoms with Crippen molar-refractivity contribution in [1.82, 2.24) is 15.3 Å². The monoisotopic (exact) mass is 357 g/mol. The SMILES string of the molecule is C[C@@H](NC(=O)CSc1nccc(=O)[nH]1)c1ccc(Cl)cc1Cl. The Bertz CT molecular complexity index is 736. The lowest BCUT2D eigenvalue weighted by Gasteiger charge is -2.15. The lowest BCUT2D eigenvalue weighted by Crippen LogP contribution is -2.28. The number of hydrogen-bond acceptors (Lipinski definition) is 4. The molecule has 1 aromatic heterocycles. The van der Waals surface area contributed by atoms with Gasteiger partial charge in [-0.1, -0.05) is 41.0 Å². The summed E-state index contributed by atoms with van der Waals surface area (Å²) in [5.74, 6) is -0.0438. The van der Waals surface area contributed by atoms with E-state index in [2.05, 4.69) is 15.3 Å². The van der Waals surface area contributed by atoms with E-state index in [0.717, 1.165) is 17.3 Å². The first-order valence-electron chi connectivity index (χ1n) is 6.38. The van der Waals surface area contributed by atoms with Crippen molar-refractivity contribution in [2.24, 2.45) is 0 Å². The van der Waals surface area contributed by atoms with Gasteiger partial charge in [0.2, 0.25) is 5.91 Å². The van der Waals surface area contributed by atoms with Crippen molar-refractivity contribution < 1.29 is 4.79 Å². The topological polar surface area (TPSA) is 74.8 Å². The Hall–Kier alpha value is -1.50. The number of carbonyl (C=O) groups is 1. The summed E-state index contributed by atoms with van der Waals surface area (Å²) in [6.07, 6.45) is 1.40. The summed E-state index contributed by atoms with van der Waals surface area (Å²) in [6, 6.07) is 6.20. The zero-order chi connectivity index (χ0) is 16.1. The fourth-order valence-corrected chi connectivity index (χ4v) is 3.00. The molecule has 8 heteroatoms. The molecule has 1 atom stereocenters. The molecule has 0 fully saturated rings. The molecule has 0 radical (unpaired) electrons. The van der Waals surface area contributed by atoms with Gasteiger partial charge in [-0.2, -0.15) is 0 Å². The molecular weight excluding hydrogens is 345 g/mol. The number of aromatic nitrogens is 2. The Kier molecular flexibility index (Phi) is 5.88. The number of thioether (sulfide) groups is 1. The van der Waals surface area contributed by atoms with Crippen molar-refractivity contribution in [2.75, 3.05) is 5.75 Å². The van der Waals surface area contributed by atoms with Gasteiger partial charge in [-0.25, -0.2) is 4.98 Å². The normalized spacial score (nSPS) is 12.0. The molecule has 0 unspecified atom stereocenters. The van der Waals surface area contributed by atoms with Crippen LogP contribution in [-0.4, -0.2) is 21.6 Å². The molecule has 0 saturated carbocycles. The maximum Gasteiger partial charge on any atom is 0.251 e. The number of carbonyl (C=O) groups excluding carboxylic acids is 1. The van der Waals surface area contributed by atoms with E-state index in [1.165, 1.54) is 12.3 Å². The van der Waals surface area contributed by atoms with Gasteiger partial charge in [0.25, 0.3) is 5.56 Å². The fourth-order valence-electron chi connectivity index (χ4n) is 1.77. The van der Waals surface area contributed by atoms with Crippen molar-refractivity contribution in [1.29, 1.82) is 0 Å². The van der Waals surface area contributed by atoms with E-state index >= 15 is 0 Å². The zero-order valence-electron chi connectivity index (χ0n) is 11.6. The van der Waals surface area contributed by atoms with Crippen LogP contribution in [0.25, 0.3) is 0 Å². The molecule has 2 rings (SSSR count). The summed E-state index contributed by atoms with van der Waals surface area (Å²) in [4.78, 5) is 29.6. The number of H-pyrrole nitrogens is 1. The third-order valence-electron chi connectivity index (χ3n) is 2.79. The minimum Gasteiger partial charge on any atom is -0.349 e. The second-order valence-electron chi connectivity index (χ2n) is 4.48. The van der Waals surface area contributed by atoms with Crippen molar-refractivity contribution in [3.63, 3.8) is 0 Å². The molecule has 0 spiro atoms. The highest BCUT2D eigenvalue weighted by molar-refractivity contribution is 7.99. The molecule has 1 amide bonds. The Morgan fingerprint density at radius 2 is 2.18 bits per heavy atom. The lowest BCUT2D eigenvalue weighted by atomic mass is 10.1. The highest BCUT2D eigenvalue weighted by Gasteiger charge is 2.13. The van der Waals surface area contributed by atoms with E-state index < -0.39 is 0 Å². The van der Waals surface area contributed by atoms with Crippen LogP contribution in [0.5, 0.6) is 0 Å². The van der Waals surface area contributed by atoms with E-state index in [-0.39, 0.29) is 23.3 Å². The minimum atomic E-state index is -0.251. The summed E-state index contributed by atoms with van der Waals surface area (Å²) >= 11 is 13.1. The summed E-state index contributed by atoms with van der Waals surface area (Å²) < 4.78 is 0. The molecule has 1 heterocycles. The number of aromatic amines is 1. The van der Waals surface area contributed by atoms with Crippen molar-refractivity contribution >= 4 is 40.9 Å². The van der Waals surface area contributed by atoms with E-state index in [4.69, 9.17) is 23.2 Å². The van der Waals surface area contributed by atoms with Gasteiger partial charge >= 0.3 is 0 Å². The van der Waals surface area contributed by atoms with Gasteiger partial charge in [0.05, 0.1) is 11.8 Å². The molecule has 116 valence electrons. The summed E-state index contributed by atoms with van der Waals surface area (Å²) in [6.45, 7) is 1.83. The Balaban J connectivity index is 1.92. The van der Waals surface area contributed by atoms with E-state index in [1.807, 2.05) is 6.92 Å². The highest BCUT2D eigenvalue weighted by Crippen LogP contribution is 2.26. The van der Waals surface area contributed by atoms with E-state index in [0.29, 0.717) is 15.2 Å². The molecule has 5 nitrogen and oxygen atoms in total. The largest absolute Gasteiger partial charge is 0.349 e. The van der Waals surface area contributed by atoms with Gasteiger partial charge in [0.1, 0.15) is 0 Å². The third kappa shape index (κ3) is 4.76. The van der Waals surface area contributed by atoms with Crippen LogP contribution in [0, 0.1) is 0 Å². The Morgan fingerprint density at radius 1 is 1.41 bits per heavy atom. The molecule has 0 aliphatic heterocycles. The van der Waals surface area contributed by atoms with Crippen LogP contribution in [0.2, 0.25) is 10.0 Å². The number of amides is 1. The van der Waals surface area contributed by atoms with Crippen LogP contribution >= 0.6 is 35.0 Å². The fraction of sp³-hybridized carbons (Fsp3) is 0.214.